The molecular formula is C16H20N2O2. The summed E-state index contributed by atoms with van der Waals surface area (Å²) in [7, 11) is 3.34. The average Bonchev–Trinajstić information content (AvgIpc) is 2.52. The van der Waals surface area contributed by atoms with Crippen LogP contribution in [0.2, 0.25) is 0 Å². The maximum absolute atomic E-state index is 5.29. The van der Waals surface area contributed by atoms with E-state index in [9.17, 15) is 0 Å². The van der Waals surface area contributed by atoms with E-state index in [4.69, 9.17) is 9.47 Å². The number of rotatable bonds is 7. The molecule has 0 heterocycles. The van der Waals surface area contributed by atoms with Crippen molar-refractivity contribution in [1.82, 2.24) is 0 Å². The van der Waals surface area contributed by atoms with Crippen LogP contribution in [0.1, 0.15) is 0 Å². The Balaban J connectivity index is 1.78. The Morgan fingerprint density at radius 2 is 1.50 bits per heavy atom. The zero-order valence-electron chi connectivity index (χ0n) is 11.8. The molecule has 0 atom stereocenters. The Bertz CT molecular complexity index is 526. The maximum Gasteiger partial charge on any atom is 0.141 e. The van der Waals surface area contributed by atoms with Crippen LogP contribution in [0.15, 0.2) is 48.5 Å². The van der Waals surface area contributed by atoms with Crippen molar-refractivity contribution in [3.63, 3.8) is 0 Å². The van der Waals surface area contributed by atoms with E-state index in [0.717, 1.165) is 36.0 Å². The molecule has 0 fully saturated rings. The largest absolute Gasteiger partial charge is 0.497 e. The molecule has 20 heavy (non-hydrogen) atoms. The molecule has 0 radical (unpaired) electrons. The highest BCUT2D eigenvalue weighted by Gasteiger charge is 1.99. The molecule has 2 rings (SSSR count). The third-order valence-electron chi connectivity index (χ3n) is 2.97. The van der Waals surface area contributed by atoms with Crippen molar-refractivity contribution >= 4 is 11.4 Å². The van der Waals surface area contributed by atoms with Crippen molar-refractivity contribution in [3.8, 4) is 11.5 Å². The second-order valence-electron chi connectivity index (χ2n) is 4.28. The summed E-state index contributed by atoms with van der Waals surface area (Å²) in [5.74, 6) is 1.72. The maximum atomic E-state index is 5.29. The van der Waals surface area contributed by atoms with Gasteiger partial charge in [-0.25, -0.2) is 0 Å². The average molecular weight is 272 g/mol. The van der Waals surface area contributed by atoms with Crippen LogP contribution < -0.4 is 20.1 Å². The first kappa shape index (κ1) is 14.1. The van der Waals surface area contributed by atoms with Gasteiger partial charge in [-0.2, -0.15) is 0 Å². The predicted molar refractivity (Wildman–Crippen MR) is 83.0 cm³/mol. The summed E-state index contributed by atoms with van der Waals surface area (Å²) in [5.41, 5.74) is 2.08. The van der Waals surface area contributed by atoms with E-state index < -0.39 is 0 Å². The number of ether oxygens (including phenoxy) is 2. The fraction of sp³-hybridized carbons (Fsp3) is 0.250. The smallest absolute Gasteiger partial charge is 0.141 e. The van der Waals surface area contributed by atoms with Gasteiger partial charge in [0, 0.05) is 18.8 Å². The number of para-hydroxylation sites is 2. The van der Waals surface area contributed by atoms with Gasteiger partial charge in [0.05, 0.1) is 19.9 Å². The quantitative estimate of drug-likeness (QED) is 0.759. The van der Waals surface area contributed by atoms with E-state index in [-0.39, 0.29) is 0 Å². The molecular weight excluding hydrogens is 252 g/mol. The molecule has 0 bridgehead atoms. The van der Waals surface area contributed by atoms with Crippen LogP contribution in [-0.2, 0) is 0 Å². The predicted octanol–water partition coefficient (Wildman–Crippen LogP) is 3.23. The highest BCUT2D eigenvalue weighted by Crippen LogP contribution is 2.22. The summed E-state index contributed by atoms with van der Waals surface area (Å²) in [6.45, 7) is 1.64. The van der Waals surface area contributed by atoms with Gasteiger partial charge in [0.15, 0.2) is 0 Å². The van der Waals surface area contributed by atoms with Gasteiger partial charge in [0.25, 0.3) is 0 Å². The molecule has 0 aliphatic rings. The summed E-state index contributed by atoms with van der Waals surface area (Å²) in [5, 5.41) is 6.69. The van der Waals surface area contributed by atoms with E-state index in [2.05, 4.69) is 10.6 Å². The Labute approximate surface area is 119 Å². The first-order valence-corrected chi connectivity index (χ1v) is 6.58. The van der Waals surface area contributed by atoms with Crippen molar-refractivity contribution in [1.29, 1.82) is 0 Å². The van der Waals surface area contributed by atoms with Crippen LogP contribution in [0.5, 0.6) is 11.5 Å². The van der Waals surface area contributed by atoms with E-state index in [1.165, 1.54) is 0 Å². The van der Waals surface area contributed by atoms with Crippen LogP contribution in [0.25, 0.3) is 0 Å². The molecule has 0 saturated carbocycles. The third kappa shape index (κ3) is 3.82. The molecule has 0 aromatic heterocycles. The zero-order chi connectivity index (χ0) is 14.2. The monoisotopic (exact) mass is 272 g/mol. The van der Waals surface area contributed by atoms with E-state index in [0.29, 0.717) is 0 Å². The van der Waals surface area contributed by atoms with E-state index >= 15 is 0 Å². The van der Waals surface area contributed by atoms with Gasteiger partial charge in [-0.3, -0.25) is 0 Å². The van der Waals surface area contributed by atoms with Crippen molar-refractivity contribution in [2.45, 2.75) is 0 Å². The highest BCUT2D eigenvalue weighted by atomic mass is 16.5. The molecule has 0 saturated heterocycles. The zero-order valence-corrected chi connectivity index (χ0v) is 11.8. The van der Waals surface area contributed by atoms with Crippen LogP contribution in [0.4, 0.5) is 11.4 Å². The lowest BCUT2D eigenvalue weighted by molar-refractivity contribution is 0.415. The Kier molecular flexibility index (Phi) is 5.12. The fourth-order valence-electron chi connectivity index (χ4n) is 1.90. The molecule has 0 aliphatic carbocycles. The highest BCUT2D eigenvalue weighted by molar-refractivity contribution is 5.56. The number of methoxy groups -OCH3 is 2. The standard InChI is InChI=1S/C16H20N2O2/c1-19-14-9-7-13(8-10-14)17-11-12-18-15-5-3-4-6-16(15)20-2/h3-10,17-18H,11-12H2,1-2H3. The van der Waals surface area contributed by atoms with E-state index in [1.54, 1.807) is 14.2 Å². The summed E-state index contributed by atoms with van der Waals surface area (Å²) in [6, 6.07) is 15.8. The van der Waals surface area contributed by atoms with Gasteiger partial charge in [-0.1, -0.05) is 12.1 Å². The molecule has 4 nitrogen and oxygen atoms in total. The van der Waals surface area contributed by atoms with Crippen LogP contribution in [0, 0.1) is 0 Å². The Morgan fingerprint density at radius 1 is 0.800 bits per heavy atom. The first-order valence-electron chi connectivity index (χ1n) is 6.58. The van der Waals surface area contributed by atoms with Gasteiger partial charge in [0.2, 0.25) is 0 Å². The minimum absolute atomic E-state index is 0.812. The number of benzene rings is 2. The second kappa shape index (κ2) is 7.28. The SMILES string of the molecule is COc1ccc(NCCNc2ccccc2OC)cc1. The topological polar surface area (TPSA) is 42.5 Å². The second-order valence-corrected chi connectivity index (χ2v) is 4.28. The van der Waals surface area contributed by atoms with Crippen LogP contribution in [-0.4, -0.2) is 27.3 Å². The van der Waals surface area contributed by atoms with Crippen molar-refractivity contribution < 1.29 is 9.47 Å². The van der Waals surface area contributed by atoms with Gasteiger partial charge in [0.1, 0.15) is 11.5 Å². The minimum atomic E-state index is 0.812. The molecule has 0 aliphatic heterocycles. The molecule has 2 aromatic carbocycles. The summed E-state index contributed by atoms with van der Waals surface area (Å²) in [4.78, 5) is 0. The van der Waals surface area contributed by atoms with E-state index in [1.807, 2.05) is 48.5 Å². The van der Waals surface area contributed by atoms with Gasteiger partial charge in [-0.15, -0.1) is 0 Å². The van der Waals surface area contributed by atoms with Gasteiger partial charge < -0.3 is 20.1 Å². The van der Waals surface area contributed by atoms with Gasteiger partial charge in [-0.05, 0) is 36.4 Å². The van der Waals surface area contributed by atoms with Crippen molar-refractivity contribution in [3.05, 3.63) is 48.5 Å². The molecule has 106 valence electrons. The molecule has 0 amide bonds. The van der Waals surface area contributed by atoms with Crippen molar-refractivity contribution in [2.75, 3.05) is 37.9 Å². The number of hydrogen-bond donors (Lipinski definition) is 2. The number of nitrogens with one attached hydrogen (secondary N) is 2. The lowest BCUT2D eigenvalue weighted by Gasteiger charge is -2.12. The van der Waals surface area contributed by atoms with Gasteiger partial charge >= 0.3 is 0 Å². The lowest BCUT2D eigenvalue weighted by atomic mass is 10.3. The summed E-state index contributed by atoms with van der Waals surface area (Å²) >= 11 is 0. The fourth-order valence-corrected chi connectivity index (χ4v) is 1.90. The summed E-state index contributed by atoms with van der Waals surface area (Å²) < 4.78 is 10.4. The van der Waals surface area contributed by atoms with Crippen molar-refractivity contribution in [2.24, 2.45) is 0 Å². The molecule has 0 unspecified atom stereocenters. The number of anilines is 2. The molecule has 2 N–H and O–H groups in total. The Morgan fingerprint density at radius 3 is 2.20 bits per heavy atom. The molecule has 4 heteroatoms. The normalized spacial score (nSPS) is 9.90. The molecule has 2 aromatic rings. The summed E-state index contributed by atoms with van der Waals surface area (Å²) in [6.07, 6.45) is 0. The minimum Gasteiger partial charge on any atom is -0.497 e. The Hall–Kier alpha value is -2.36. The lowest BCUT2D eigenvalue weighted by Crippen LogP contribution is -2.13. The first-order chi connectivity index (χ1) is 9.83. The third-order valence-corrected chi connectivity index (χ3v) is 2.97. The molecule has 0 spiro atoms. The van der Waals surface area contributed by atoms with Crippen LogP contribution in [0.3, 0.4) is 0 Å². The number of hydrogen-bond acceptors (Lipinski definition) is 4. The van der Waals surface area contributed by atoms with Crippen LogP contribution >= 0.6 is 0 Å².